The molecule has 0 heterocycles. The molecule has 0 N–H and O–H groups in total. The van der Waals surface area contributed by atoms with Crippen molar-refractivity contribution in [1.29, 1.82) is 0 Å². The van der Waals surface area contributed by atoms with E-state index >= 15 is 0 Å². The second kappa shape index (κ2) is 8.70. The van der Waals surface area contributed by atoms with Crippen LogP contribution in [0, 0.1) is 12.3 Å². The second-order valence-electron chi connectivity index (χ2n) is 8.20. The maximum Gasteiger partial charge on any atom is 0.0166 e. The first-order valence-corrected chi connectivity index (χ1v) is 9.98. The van der Waals surface area contributed by atoms with E-state index in [0.29, 0.717) is 8.84 Å². The Bertz CT molecular complexity index is 451. The number of rotatable bonds is 9. The lowest BCUT2D eigenvalue weighted by Crippen LogP contribution is -2.10. The van der Waals surface area contributed by atoms with Gasteiger partial charge in [-0.05, 0) is 67.6 Å². The van der Waals surface area contributed by atoms with Gasteiger partial charge in [-0.15, -0.1) is 0 Å². The molecule has 1 aromatic rings. The number of hydrogen-bond acceptors (Lipinski definition) is 0. The summed E-state index contributed by atoms with van der Waals surface area (Å²) in [7, 11) is 0. The summed E-state index contributed by atoms with van der Waals surface area (Å²) in [4.78, 5) is 0. The van der Waals surface area contributed by atoms with Crippen molar-refractivity contribution < 1.29 is 0 Å². The fourth-order valence-electron chi connectivity index (χ4n) is 2.80. The van der Waals surface area contributed by atoms with Crippen molar-refractivity contribution in [3.05, 3.63) is 34.9 Å². The van der Waals surface area contributed by atoms with Gasteiger partial charge in [-0.2, -0.15) is 0 Å². The minimum atomic E-state index is 0.426. The number of hydrogen-bond donors (Lipinski definition) is 0. The summed E-state index contributed by atoms with van der Waals surface area (Å²) >= 11 is 2.56. The Hall–Kier alpha value is -0.0500. The molecule has 0 atom stereocenters. The minimum absolute atomic E-state index is 0.426. The van der Waals surface area contributed by atoms with Gasteiger partial charge in [-0.25, -0.2) is 0 Å². The lowest BCUT2D eigenvalue weighted by atomic mass is 9.84. The average Bonchev–Trinajstić information content (AvgIpc) is 2.40. The molecule has 1 aromatic carbocycles. The average molecular weight is 414 g/mol. The first-order valence-electron chi connectivity index (χ1n) is 8.90. The van der Waals surface area contributed by atoms with E-state index in [1.54, 1.807) is 5.56 Å². The van der Waals surface area contributed by atoms with Gasteiger partial charge in [0.25, 0.3) is 0 Å². The van der Waals surface area contributed by atoms with Crippen LogP contribution in [0.2, 0.25) is 0 Å². The zero-order valence-electron chi connectivity index (χ0n) is 15.6. The summed E-state index contributed by atoms with van der Waals surface area (Å²) in [6, 6.07) is 7.12. The SMILES string of the molecule is CCC(C)(C)CCCc1ccc(C)c(CCCC(C)(C)I)c1. The van der Waals surface area contributed by atoms with Crippen molar-refractivity contribution >= 4 is 22.6 Å². The molecule has 0 nitrogen and oxygen atoms in total. The molecule has 0 aliphatic carbocycles. The maximum absolute atomic E-state index is 2.56. The normalized spacial score (nSPS) is 12.7. The van der Waals surface area contributed by atoms with Crippen LogP contribution in [0.4, 0.5) is 0 Å². The van der Waals surface area contributed by atoms with E-state index in [1.807, 2.05) is 0 Å². The van der Waals surface area contributed by atoms with Crippen molar-refractivity contribution in [2.45, 2.75) is 89.9 Å². The zero-order chi connectivity index (χ0) is 16.8. The van der Waals surface area contributed by atoms with E-state index in [2.05, 4.69) is 82.3 Å². The Balaban J connectivity index is 2.54. The minimum Gasteiger partial charge on any atom is -0.0795 e. The van der Waals surface area contributed by atoms with Gasteiger partial charge >= 0.3 is 0 Å². The van der Waals surface area contributed by atoms with Crippen LogP contribution in [0.1, 0.15) is 83.4 Å². The van der Waals surface area contributed by atoms with Gasteiger partial charge in [0.15, 0.2) is 0 Å². The smallest absolute Gasteiger partial charge is 0.0166 e. The van der Waals surface area contributed by atoms with Crippen molar-refractivity contribution in [3.8, 4) is 0 Å². The number of aryl methyl sites for hydroxylation is 3. The maximum atomic E-state index is 2.56. The third-order valence-electron chi connectivity index (χ3n) is 4.91. The van der Waals surface area contributed by atoms with Gasteiger partial charge in [0.2, 0.25) is 0 Å². The van der Waals surface area contributed by atoms with Crippen molar-refractivity contribution in [2.24, 2.45) is 5.41 Å². The van der Waals surface area contributed by atoms with Crippen molar-refractivity contribution in [3.63, 3.8) is 0 Å². The summed E-state index contributed by atoms with van der Waals surface area (Å²) in [6.07, 6.45) is 8.96. The molecule has 22 heavy (non-hydrogen) atoms. The van der Waals surface area contributed by atoms with E-state index in [0.717, 1.165) is 0 Å². The molecule has 1 rings (SSSR count). The molecule has 0 aliphatic rings. The Morgan fingerprint density at radius 2 is 1.59 bits per heavy atom. The lowest BCUT2D eigenvalue weighted by molar-refractivity contribution is 0.313. The molecule has 0 saturated heterocycles. The Kier molecular flexibility index (Phi) is 7.91. The Labute approximate surface area is 152 Å². The molecule has 0 unspecified atom stereocenters. The Morgan fingerprint density at radius 1 is 0.955 bits per heavy atom. The fourth-order valence-corrected chi connectivity index (χ4v) is 3.18. The molecule has 126 valence electrons. The zero-order valence-corrected chi connectivity index (χ0v) is 17.7. The second-order valence-corrected chi connectivity index (χ2v) is 11.1. The van der Waals surface area contributed by atoms with E-state index < -0.39 is 0 Å². The predicted molar refractivity (Wildman–Crippen MR) is 109 cm³/mol. The number of alkyl halides is 1. The molecule has 0 radical (unpaired) electrons. The monoisotopic (exact) mass is 414 g/mol. The topological polar surface area (TPSA) is 0 Å². The fraction of sp³-hybridized carbons (Fsp3) is 0.714. The highest BCUT2D eigenvalue weighted by Crippen LogP contribution is 2.28. The van der Waals surface area contributed by atoms with Crippen LogP contribution in [0.25, 0.3) is 0 Å². The van der Waals surface area contributed by atoms with Crippen LogP contribution < -0.4 is 0 Å². The van der Waals surface area contributed by atoms with Gasteiger partial charge in [0.05, 0.1) is 0 Å². The molecule has 0 spiro atoms. The summed E-state index contributed by atoms with van der Waals surface area (Å²) in [6.45, 7) is 14.0. The molecule has 0 aliphatic heterocycles. The van der Waals surface area contributed by atoms with E-state index in [4.69, 9.17) is 0 Å². The molecule has 0 bridgehead atoms. The van der Waals surface area contributed by atoms with Crippen LogP contribution >= 0.6 is 22.6 Å². The standard InChI is InChI=1S/C21H35I/c1-7-20(3,4)14-8-10-18-13-12-17(2)19(16-18)11-9-15-21(5,6)22/h12-13,16H,7-11,14-15H2,1-6H3. The first-order chi connectivity index (χ1) is 10.1. The van der Waals surface area contributed by atoms with Gasteiger partial charge in [-0.3, -0.25) is 0 Å². The highest BCUT2D eigenvalue weighted by molar-refractivity contribution is 14.1. The summed E-state index contributed by atoms with van der Waals surface area (Å²) < 4.78 is 0.426. The van der Waals surface area contributed by atoms with Crippen LogP contribution in [0.15, 0.2) is 18.2 Å². The predicted octanol–water partition coefficient (Wildman–Crippen LogP) is 7.29. The highest BCUT2D eigenvalue weighted by Gasteiger charge is 2.14. The largest absolute Gasteiger partial charge is 0.0795 e. The Morgan fingerprint density at radius 3 is 2.18 bits per heavy atom. The summed E-state index contributed by atoms with van der Waals surface area (Å²) in [5.74, 6) is 0. The molecule has 0 fully saturated rings. The molecular weight excluding hydrogens is 379 g/mol. The third kappa shape index (κ3) is 7.99. The van der Waals surface area contributed by atoms with Crippen LogP contribution in [-0.4, -0.2) is 3.42 Å². The van der Waals surface area contributed by atoms with Crippen LogP contribution in [-0.2, 0) is 12.8 Å². The van der Waals surface area contributed by atoms with Gasteiger partial charge < -0.3 is 0 Å². The van der Waals surface area contributed by atoms with Crippen LogP contribution in [0.5, 0.6) is 0 Å². The quantitative estimate of drug-likeness (QED) is 0.294. The van der Waals surface area contributed by atoms with E-state index in [-0.39, 0.29) is 0 Å². The van der Waals surface area contributed by atoms with Gasteiger partial charge in [-0.1, -0.05) is 81.8 Å². The van der Waals surface area contributed by atoms with Crippen molar-refractivity contribution in [1.82, 2.24) is 0 Å². The molecule has 1 heteroatoms. The first kappa shape index (κ1) is 20.0. The molecule has 0 aromatic heterocycles. The summed E-state index contributed by atoms with van der Waals surface area (Å²) in [5.41, 5.74) is 5.05. The van der Waals surface area contributed by atoms with E-state index in [1.165, 1.54) is 56.1 Å². The van der Waals surface area contributed by atoms with Crippen molar-refractivity contribution in [2.75, 3.05) is 0 Å². The number of benzene rings is 1. The highest BCUT2D eigenvalue weighted by atomic mass is 127. The van der Waals surface area contributed by atoms with Gasteiger partial charge in [0.1, 0.15) is 0 Å². The number of halogens is 1. The summed E-state index contributed by atoms with van der Waals surface area (Å²) in [5, 5.41) is 0. The molecule has 0 saturated carbocycles. The van der Waals surface area contributed by atoms with Gasteiger partial charge in [0, 0.05) is 3.42 Å². The molecular formula is C21H35I. The molecule has 0 amide bonds. The van der Waals surface area contributed by atoms with Crippen LogP contribution in [0.3, 0.4) is 0 Å². The van der Waals surface area contributed by atoms with E-state index in [9.17, 15) is 0 Å². The third-order valence-corrected chi connectivity index (χ3v) is 5.45. The lowest BCUT2D eigenvalue weighted by Gasteiger charge is -2.22.